The lowest BCUT2D eigenvalue weighted by molar-refractivity contribution is 0.0946. The average Bonchev–Trinajstić information content (AvgIpc) is 3.19. The maximum absolute atomic E-state index is 12.9. The summed E-state index contributed by atoms with van der Waals surface area (Å²) in [5, 5.41) is 10.4. The monoisotopic (exact) mass is 338 g/mol. The van der Waals surface area contributed by atoms with Crippen molar-refractivity contribution in [2.75, 3.05) is 19.6 Å². The van der Waals surface area contributed by atoms with Crippen molar-refractivity contribution >= 4 is 18.3 Å². The maximum Gasteiger partial charge on any atom is 0.271 e. The highest BCUT2D eigenvalue weighted by atomic mass is 35.5. The fraction of sp³-hybridized carbons (Fsp3) is 0.375. The number of carbonyl (C=O) groups is 1. The molecule has 5 nitrogen and oxygen atoms in total. The molecule has 124 valence electrons. The number of benzene rings is 1. The summed E-state index contributed by atoms with van der Waals surface area (Å²) >= 11 is 0. The van der Waals surface area contributed by atoms with Gasteiger partial charge in [-0.15, -0.1) is 12.4 Å². The minimum absolute atomic E-state index is 0. The number of aromatic nitrogens is 2. The highest BCUT2D eigenvalue weighted by molar-refractivity contribution is 5.92. The van der Waals surface area contributed by atoms with Gasteiger partial charge in [-0.05, 0) is 62.2 Å². The summed E-state index contributed by atoms with van der Waals surface area (Å²) in [5.41, 5.74) is 1.09. The Morgan fingerprint density at radius 2 is 2.13 bits per heavy atom. The molecule has 7 heteroatoms. The predicted molar refractivity (Wildman–Crippen MR) is 88.7 cm³/mol. The number of hydrogen-bond donors (Lipinski definition) is 2. The largest absolute Gasteiger partial charge is 0.351 e. The zero-order valence-corrected chi connectivity index (χ0v) is 13.5. The molecule has 1 atom stereocenters. The van der Waals surface area contributed by atoms with Gasteiger partial charge in [0.15, 0.2) is 5.69 Å². The van der Waals surface area contributed by atoms with E-state index in [0.717, 1.165) is 25.2 Å². The fourth-order valence-electron chi connectivity index (χ4n) is 2.62. The van der Waals surface area contributed by atoms with Gasteiger partial charge in [0.05, 0.1) is 5.69 Å². The van der Waals surface area contributed by atoms with Crippen LogP contribution >= 0.6 is 12.4 Å². The zero-order valence-electron chi connectivity index (χ0n) is 12.7. The van der Waals surface area contributed by atoms with Gasteiger partial charge in [-0.3, -0.25) is 4.79 Å². The Labute approximate surface area is 140 Å². The minimum Gasteiger partial charge on any atom is -0.351 e. The Morgan fingerprint density at radius 1 is 1.35 bits per heavy atom. The Balaban J connectivity index is 0.00000192. The smallest absolute Gasteiger partial charge is 0.271 e. The molecule has 2 N–H and O–H groups in total. The van der Waals surface area contributed by atoms with Crippen molar-refractivity contribution in [1.82, 2.24) is 20.4 Å². The molecule has 1 amide bonds. The third-order valence-electron chi connectivity index (χ3n) is 3.91. The summed E-state index contributed by atoms with van der Waals surface area (Å²) in [6.45, 7) is 2.77. The maximum atomic E-state index is 12.9. The van der Waals surface area contributed by atoms with Crippen molar-refractivity contribution in [2.24, 2.45) is 5.92 Å². The Kier molecular flexibility index (Phi) is 6.12. The molecule has 0 radical (unpaired) electrons. The number of carbonyl (C=O) groups excluding carboxylic acids is 1. The van der Waals surface area contributed by atoms with Crippen LogP contribution in [0.25, 0.3) is 5.69 Å². The van der Waals surface area contributed by atoms with Crippen LogP contribution in [-0.2, 0) is 0 Å². The van der Waals surface area contributed by atoms with Crippen molar-refractivity contribution in [3.05, 3.63) is 48.0 Å². The van der Waals surface area contributed by atoms with Crippen molar-refractivity contribution in [3.63, 3.8) is 0 Å². The molecule has 2 heterocycles. The lowest BCUT2D eigenvalue weighted by atomic mass is 10.1. The normalized spacial score (nSPS) is 16.8. The first-order chi connectivity index (χ1) is 10.7. The molecule has 1 aliphatic rings. The van der Waals surface area contributed by atoms with E-state index in [1.807, 2.05) is 0 Å². The summed E-state index contributed by atoms with van der Waals surface area (Å²) in [6, 6.07) is 7.64. The van der Waals surface area contributed by atoms with Gasteiger partial charge in [0.1, 0.15) is 5.82 Å². The first-order valence-corrected chi connectivity index (χ1v) is 7.53. The summed E-state index contributed by atoms with van der Waals surface area (Å²) in [6.07, 6.45) is 3.86. The van der Waals surface area contributed by atoms with Gasteiger partial charge in [-0.2, -0.15) is 5.10 Å². The molecule has 1 saturated heterocycles. The van der Waals surface area contributed by atoms with E-state index < -0.39 is 0 Å². The Hall–Kier alpha value is -1.92. The summed E-state index contributed by atoms with van der Waals surface area (Å²) in [7, 11) is 0. The third-order valence-corrected chi connectivity index (χ3v) is 3.91. The van der Waals surface area contributed by atoms with Crippen LogP contribution in [0.3, 0.4) is 0 Å². The van der Waals surface area contributed by atoms with Crippen LogP contribution in [0.5, 0.6) is 0 Å². The number of amides is 1. The highest BCUT2D eigenvalue weighted by Crippen LogP contribution is 2.11. The van der Waals surface area contributed by atoms with E-state index in [2.05, 4.69) is 15.7 Å². The second-order valence-corrected chi connectivity index (χ2v) is 5.53. The van der Waals surface area contributed by atoms with Gasteiger partial charge < -0.3 is 10.6 Å². The number of halogens is 2. The number of hydrogen-bond acceptors (Lipinski definition) is 3. The zero-order chi connectivity index (χ0) is 15.4. The molecule has 1 unspecified atom stereocenters. The van der Waals surface area contributed by atoms with Crippen LogP contribution < -0.4 is 10.6 Å². The molecule has 2 aromatic rings. The minimum atomic E-state index is -0.296. The molecule has 23 heavy (non-hydrogen) atoms. The molecule has 1 aromatic carbocycles. The van der Waals surface area contributed by atoms with Crippen molar-refractivity contribution in [1.29, 1.82) is 0 Å². The van der Waals surface area contributed by atoms with Crippen LogP contribution in [0.4, 0.5) is 4.39 Å². The molecule has 0 spiro atoms. The van der Waals surface area contributed by atoms with Crippen LogP contribution in [0.1, 0.15) is 23.3 Å². The summed E-state index contributed by atoms with van der Waals surface area (Å²) in [5.74, 6) is 0.180. The molecular weight excluding hydrogens is 319 g/mol. The molecule has 1 aliphatic heterocycles. The summed E-state index contributed by atoms with van der Waals surface area (Å²) in [4.78, 5) is 12.1. The first-order valence-electron chi connectivity index (χ1n) is 7.53. The van der Waals surface area contributed by atoms with Gasteiger partial charge >= 0.3 is 0 Å². The Morgan fingerprint density at radius 3 is 2.83 bits per heavy atom. The molecule has 1 fully saturated rings. The highest BCUT2D eigenvalue weighted by Gasteiger charge is 2.15. The third kappa shape index (κ3) is 4.53. The lowest BCUT2D eigenvalue weighted by Crippen LogP contribution is -2.26. The second kappa shape index (κ2) is 8.08. The molecule has 3 rings (SSSR count). The van der Waals surface area contributed by atoms with E-state index in [1.54, 1.807) is 29.1 Å². The number of nitrogens with one attached hydrogen (secondary N) is 2. The van der Waals surface area contributed by atoms with E-state index in [1.165, 1.54) is 18.6 Å². The van der Waals surface area contributed by atoms with Crippen molar-refractivity contribution in [3.8, 4) is 5.69 Å². The van der Waals surface area contributed by atoms with Crippen LogP contribution in [0, 0.1) is 11.7 Å². The standard InChI is InChI=1S/C16H19FN4O.ClH/c17-13-1-3-14(4-2-13)21-10-7-15(20-21)16(22)19-9-6-12-5-8-18-11-12;/h1-4,7,10,12,18H,5-6,8-9,11H2,(H,19,22);1H. The van der Waals surface area contributed by atoms with Gasteiger partial charge in [0, 0.05) is 12.7 Å². The molecule has 0 aliphatic carbocycles. The predicted octanol–water partition coefficient (Wildman–Crippen LogP) is 2.16. The van der Waals surface area contributed by atoms with Gasteiger partial charge in [-0.1, -0.05) is 0 Å². The van der Waals surface area contributed by atoms with E-state index in [9.17, 15) is 9.18 Å². The molecule has 0 bridgehead atoms. The van der Waals surface area contributed by atoms with E-state index in [-0.39, 0.29) is 24.1 Å². The molecule has 1 aromatic heterocycles. The Bertz CT molecular complexity index is 638. The SMILES string of the molecule is Cl.O=C(NCCC1CCNC1)c1ccn(-c2ccc(F)cc2)n1. The average molecular weight is 339 g/mol. The van der Waals surface area contributed by atoms with Crippen LogP contribution in [-0.4, -0.2) is 35.3 Å². The fourth-order valence-corrected chi connectivity index (χ4v) is 2.62. The quantitative estimate of drug-likeness (QED) is 0.878. The molecular formula is C16H20ClFN4O. The van der Waals surface area contributed by atoms with Gasteiger partial charge in [-0.25, -0.2) is 9.07 Å². The second-order valence-electron chi connectivity index (χ2n) is 5.53. The first kappa shape index (κ1) is 17.4. The van der Waals surface area contributed by atoms with Crippen LogP contribution in [0.2, 0.25) is 0 Å². The lowest BCUT2D eigenvalue weighted by Gasteiger charge is -2.08. The van der Waals surface area contributed by atoms with E-state index in [0.29, 0.717) is 18.2 Å². The molecule has 0 saturated carbocycles. The van der Waals surface area contributed by atoms with Crippen molar-refractivity contribution in [2.45, 2.75) is 12.8 Å². The van der Waals surface area contributed by atoms with Gasteiger partial charge in [0.2, 0.25) is 0 Å². The van der Waals surface area contributed by atoms with E-state index >= 15 is 0 Å². The summed E-state index contributed by atoms with van der Waals surface area (Å²) < 4.78 is 14.5. The van der Waals surface area contributed by atoms with Gasteiger partial charge in [0.25, 0.3) is 5.91 Å². The van der Waals surface area contributed by atoms with E-state index in [4.69, 9.17) is 0 Å². The topological polar surface area (TPSA) is 59.0 Å². The van der Waals surface area contributed by atoms with Crippen LogP contribution in [0.15, 0.2) is 36.5 Å². The van der Waals surface area contributed by atoms with Crippen molar-refractivity contribution < 1.29 is 9.18 Å². The number of nitrogens with zero attached hydrogens (tertiary/aromatic N) is 2. The number of rotatable bonds is 5.